The number of nitrogens with zero attached hydrogens (tertiary/aromatic N) is 4. The molecule has 0 saturated carbocycles. The summed E-state index contributed by atoms with van der Waals surface area (Å²) in [4.78, 5) is 20.7. The molecule has 0 unspecified atom stereocenters. The second-order valence-corrected chi connectivity index (χ2v) is 7.05. The number of rotatable bonds is 8. The number of anilines is 5. The van der Waals surface area contributed by atoms with Gasteiger partial charge < -0.3 is 10.6 Å². The Bertz CT molecular complexity index is 1000. The Hall–Kier alpha value is -3.10. The first-order chi connectivity index (χ1) is 13.9. The number of nitrogens with one attached hydrogen (secondary N) is 2. The molecular weight excluding hydrogens is 392 g/mol. The van der Waals surface area contributed by atoms with Crippen LogP contribution in [0.25, 0.3) is 0 Å². The minimum absolute atomic E-state index is 0.200. The van der Waals surface area contributed by atoms with E-state index in [1.54, 1.807) is 18.3 Å². The van der Waals surface area contributed by atoms with E-state index in [2.05, 4.69) is 34.6 Å². The lowest BCUT2D eigenvalue weighted by Gasteiger charge is -2.19. The minimum atomic E-state index is 0.200. The summed E-state index contributed by atoms with van der Waals surface area (Å²) in [5, 5.41) is 12.6. The summed E-state index contributed by atoms with van der Waals surface area (Å²) in [5.41, 5.74) is 2.76. The number of aromatic nitrogens is 3. The maximum atomic E-state index is 11.3. The summed E-state index contributed by atoms with van der Waals surface area (Å²) in [7, 11) is 1.42. The van der Waals surface area contributed by atoms with Crippen LogP contribution in [0, 0.1) is 6.92 Å². The van der Waals surface area contributed by atoms with Crippen LogP contribution in [-0.4, -0.2) is 28.3 Å². The monoisotopic (exact) mass is 414 g/mol. The number of hydrogen-bond donors (Lipinski definition) is 2. The summed E-state index contributed by atoms with van der Waals surface area (Å²) in [6.45, 7) is 6.06. The van der Waals surface area contributed by atoms with Crippen LogP contribution in [0.5, 0.6) is 0 Å². The standard InChI is InChI=1S/C20H23ClN6O2/c1-13(2)27-20(9-14(3)25-27)24-19-10-17(15(21)11-22-19)23-16-7-5-6-8-18(16)26(12-28)29-4/h5-13H,1-4H3,(H2,22,23,24). The lowest BCUT2D eigenvalue weighted by molar-refractivity contribution is -0.112. The van der Waals surface area contributed by atoms with Crippen molar-refractivity contribution in [3.05, 3.63) is 53.3 Å². The van der Waals surface area contributed by atoms with E-state index in [4.69, 9.17) is 16.4 Å². The molecule has 0 saturated heterocycles. The maximum absolute atomic E-state index is 11.3. The highest BCUT2D eigenvalue weighted by molar-refractivity contribution is 6.33. The van der Waals surface area contributed by atoms with Crippen molar-refractivity contribution in [1.29, 1.82) is 0 Å². The predicted molar refractivity (Wildman–Crippen MR) is 115 cm³/mol. The summed E-state index contributed by atoms with van der Waals surface area (Å²) in [6.07, 6.45) is 2.16. The molecule has 0 fully saturated rings. The number of benzene rings is 1. The third kappa shape index (κ3) is 4.67. The second kappa shape index (κ2) is 8.93. The Morgan fingerprint density at radius 2 is 1.97 bits per heavy atom. The molecule has 0 aliphatic heterocycles. The van der Waals surface area contributed by atoms with Gasteiger partial charge in [-0.25, -0.2) is 9.67 Å². The van der Waals surface area contributed by atoms with Crippen LogP contribution in [0.4, 0.5) is 28.7 Å². The van der Waals surface area contributed by atoms with E-state index in [1.807, 2.05) is 35.9 Å². The van der Waals surface area contributed by atoms with Crippen LogP contribution in [-0.2, 0) is 9.63 Å². The first-order valence-corrected chi connectivity index (χ1v) is 9.44. The van der Waals surface area contributed by atoms with Gasteiger partial charge in [-0.2, -0.15) is 10.2 Å². The van der Waals surface area contributed by atoms with Crippen LogP contribution in [0.15, 0.2) is 42.6 Å². The number of aryl methyl sites for hydroxylation is 1. The zero-order chi connectivity index (χ0) is 21.0. The van der Waals surface area contributed by atoms with E-state index in [-0.39, 0.29) is 6.04 Å². The summed E-state index contributed by atoms with van der Waals surface area (Å²) >= 11 is 6.35. The molecule has 1 amide bonds. The fourth-order valence-corrected chi connectivity index (χ4v) is 3.00. The van der Waals surface area contributed by atoms with Crippen molar-refractivity contribution >= 4 is 46.7 Å². The zero-order valence-electron chi connectivity index (χ0n) is 16.7. The van der Waals surface area contributed by atoms with E-state index in [0.717, 1.165) is 16.6 Å². The van der Waals surface area contributed by atoms with E-state index in [1.165, 1.54) is 7.11 Å². The van der Waals surface area contributed by atoms with Crippen molar-refractivity contribution in [3.8, 4) is 0 Å². The van der Waals surface area contributed by atoms with Crippen molar-refractivity contribution in [2.75, 3.05) is 22.8 Å². The molecule has 2 aromatic heterocycles. The lowest BCUT2D eigenvalue weighted by atomic mass is 10.2. The molecule has 3 aromatic rings. The Balaban J connectivity index is 1.91. The molecule has 1 aromatic carbocycles. The number of carbonyl (C=O) groups excluding carboxylic acids is 1. The quantitative estimate of drug-likeness (QED) is 0.405. The molecule has 29 heavy (non-hydrogen) atoms. The molecule has 152 valence electrons. The fourth-order valence-electron chi connectivity index (χ4n) is 2.85. The molecule has 0 radical (unpaired) electrons. The fraction of sp³-hybridized carbons (Fsp3) is 0.250. The Morgan fingerprint density at radius 1 is 1.21 bits per heavy atom. The summed E-state index contributed by atoms with van der Waals surface area (Å²) in [6, 6.07) is 11.2. The van der Waals surface area contributed by atoms with Crippen LogP contribution < -0.4 is 15.7 Å². The van der Waals surface area contributed by atoms with Gasteiger partial charge in [-0.15, -0.1) is 0 Å². The number of pyridine rings is 1. The van der Waals surface area contributed by atoms with Gasteiger partial charge in [0, 0.05) is 18.2 Å². The average molecular weight is 415 g/mol. The summed E-state index contributed by atoms with van der Waals surface area (Å²) in [5.74, 6) is 1.44. The third-order valence-electron chi connectivity index (χ3n) is 4.16. The van der Waals surface area contributed by atoms with Gasteiger partial charge in [0.2, 0.25) is 6.41 Å². The zero-order valence-corrected chi connectivity index (χ0v) is 17.4. The molecule has 0 atom stereocenters. The molecule has 0 aliphatic rings. The molecule has 0 spiro atoms. The topological polar surface area (TPSA) is 84.3 Å². The predicted octanol–water partition coefficient (Wildman–Crippen LogP) is 4.83. The van der Waals surface area contributed by atoms with E-state index >= 15 is 0 Å². The van der Waals surface area contributed by atoms with Gasteiger partial charge >= 0.3 is 0 Å². The van der Waals surface area contributed by atoms with Gasteiger partial charge in [0.1, 0.15) is 11.6 Å². The highest BCUT2D eigenvalue weighted by Gasteiger charge is 2.13. The van der Waals surface area contributed by atoms with Gasteiger partial charge in [-0.3, -0.25) is 9.63 Å². The van der Waals surface area contributed by atoms with Crippen molar-refractivity contribution in [3.63, 3.8) is 0 Å². The number of hydrogen-bond acceptors (Lipinski definition) is 6. The Labute approximate surface area is 174 Å². The first kappa shape index (κ1) is 20.6. The third-order valence-corrected chi connectivity index (χ3v) is 4.46. The summed E-state index contributed by atoms with van der Waals surface area (Å²) < 4.78 is 1.90. The van der Waals surface area contributed by atoms with E-state index in [0.29, 0.717) is 34.3 Å². The molecular formula is C20H23ClN6O2. The maximum Gasteiger partial charge on any atom is 0.238 e. The van der Waals surface area contributed by atoms with Crippen molar-refractivity contribution in [2.45, 2.75) is 26.8 Å². The van der Waals surface area contributed by atoms with Crippen molar-refractivity contribution < 1.29 is 9.63 Å². The minimum Gasteiger partial charge on any atom is -0.352 e. The SMILES string of the molecule is CON(C=O)c1ccccc1Nc1cc(Nc2cc(C)nn2C(C)C)ncc1Cl. The number of amides is 1. The first-order valence-electron chi connectivity index (χ1n) is 9.06. The second-order valence-electron chi connectivity index (χ2n) is 6.64. The normalized spacial score (nSPS) is 10.8. The van der Waals surface area contributed by atoms with Gasteiger partial charge in [-0.1, -0.05) is 23.7 Å². The number of para-hydroxylation sites is 2. The molecule has 8 nitrogen and oxygen atoms in total. The van der Waals surface area contributed by atoms with Crippen LogP contribution >= 0.6 is 11.6 Å². The van der Waals surface area contributed by atoms with E-state index in [9.17, 15) is 4.79 Å². The molecule has 0 bridgehead atoms. The molecule has 0 aliphatic carbocycles. The molecule has 3 rings (SSSR count). The van der Waals surface area contributed by atoms with Crippen LogP contribution in [0.1, 0.15) is 25.6 Å². The molecule has 9 heteroatoms. The number of carbonyl (C=O) groups is 1. The highest BCUT2D eigenvalue weighted by Crippen LogP contribution is 2.33. The van der Waals surface area contributed by atoms with E-state index < -0.39 is 0 Å². The largest absolute Gasteiger partial charge is 0.352 e. The van der Waals surface area contributed by atoms with Gasteiger partial charge in [-0.05, 0) is 32.9 Å². The van der Waals surface area contributed by atoms with Crippen LogP contribution in [0.2, 0.25) is 5.02 Å². The van der Waals surface area contributed by atoms with Gasteiger partial charge in [0.15, 0.2) is 0 Å². The molecule has 2 N–H and O–H groups in total. The number of halogens is 1. The van der Waals surface area contributed by atoms with Crippen molar-refractivity contribution in [2.24, 2.45) is 0 Å². The lowest BCUT2D eigenvalue weighted by Crippen LogP contribution is -2.20. The van der Waals surface area contributed by atoms with Crippen LogP contribution in [0.3, 0.4) is 0 Å². The average Bonchev–Trinajstić information content (AvgIpc) is 3.07. The smallest absolute Gasteiger partial charge is 0.238 e. The number of hydroxylamine groups is 1. The Morgan fingerprint density at radius 3 is 2.66 bits per heavy atom. The Kier molecular flexibility index (Phi) is 6.36. The van der Waals surface area contributed by atoms with Crippen molar-refractivity contribution in [1.82, 2.24) is 14.8 Å². The molecule has 2 heterocycles. The highest BCUT2D eigenvalue weighted by atomic mass is 35.5. The van der Waals surface area contributed by atoms with Gasteiger partial charge in [0.25, 0.3) is 0 Å². The van der Waals surface area contributed by atoms with Gasteiger partial charge in [0.05, 0.1) is 41.1 Å².